The summed E-state index contributed by atoms with van der Waals surface area (Å²) < 4.78 is 4.06. The summed E-state index contributed by atoms with van der Waals surface area (Å²) in [5.41, 5.74) is 1.07. The Kier molecular flexibility index (Phi) is 7.76. The van der Waals surface area contributed by atoms with E-state index in [9.17, 15) is 19.5 Å². The van der Waals surface area contributed by atoms with Gasteiger partial charge in [0.1, 0.15) is 19.0 Å². The van der Waals surface area contributed by atoms with Crippen LogP contribution in [0, 0.1) is 0 Å². The molecule has 1 amide bonds. The fourth-order valence-corrected chi connectivity index (χ4v) is 3.98. The zero-order valence-corrected chi connectivity index (χ0v) is 20.7. The quantitative estimate of drug-likeness (QED) is 0.500. The number of carbonyl (C=O) groups excluding carboxylic acids is 1. The number of aryl methyl sites for hydroxylation is 2. The highest BCUT2D eigenvalue weighted by molar-refractivity contribution is 5.90. The Morgan fingerprint density at radius 3 is 2.24 bits per heavy atom. The van der Waals surface area contributed by atoms with Gasteiger partial charge in [-0.25, -0.2) is 14.3 Å². The SMILES string of the molecule is CCCCn1c(=O)n(CC(=O)Nc2ccc(C(C)(C)C)cc2)c(=O)c2c1nc(CO)n2CCC. The lowest BCUT2D eigenvalue weighted by Gasteiger charge is -2.19. The molecule has 2 aromatic heterocycles. The van der Waals surface area contributed by atoms with E-state index in [1.165, 1.54) is 4.57 Å². The van der Waals surface area contributed by atoms with E-state index in [0.29, 0.717) is 31.0 Å². The molecule has 1 aromatic carbocycles. The minimum atomic E-state index is -0.577. The first-order valence-corrected chi connectivity index (χ1v) is 11.9. The van der Waals surface area contributed by atoms with Crippen molar-refractivity contribution in [1.82, 2.24) is 18.7 Å². The molecular weight excluding hydrogens is 434 g/mol. The average Bonchev–Trinajstić information content (AvgIpc) is 3.15. The maximum absolute atomic E-state index is 13.4. The van der Waals surface area contributed by atoms with Crippen molar-refractivity contribution < 1.29 is 9.90 Å². The van der Waals surface area contributed by atoms with Gasteiger partial charge in [0.2, 0.25) is 5.91 Å². The van der Waals surface area contributed by atoms with Crippen LogP contribution in [0.2, 0.25) is 0 Å². The fraction of sp³-hybridized carbons (Fsp3) is 0.520. The molecule has 0 unspecified atom stereocenters. The van der Waals surface area contributed by atoms with Gasteiger partial charge in [0.25, 0.3) is 5.56 Å². The Morgan fingerprint density at radius 1 is 1.00 bits per heavy atom. The average molecular weight is 470 g/mol. The van der Waals surface area contributed by atoms with E-state index in [-0.39, 0.29) is 23.2 Å². The molecule has 0 aliphatic rings. The summed E-state index contributed by atoms with van der Waals surface area (Å²) >= 11 is 0. The largest absolute Gasteiger partial charge is 0.388 e. The van der Waals surface area contributed by atoms with E-state index < -0.39 is 23.7 Å². The minimum Gasteiger partial charge on any atom is -0.388 e. The molecular formula is C25H35N5O4. The fourth-order valence-electron chi connectivity index (χ4n) is 3.98. The number of aliphatic hydroxyl groups excluding tert-OH is 1. The van der Waals surface area contributed by atoms with Gasteiger partial charge in [-0.3, -0.25) is 14.2 Å². The molecule has 9 nitrogen and oxygen atoms in total. The molecule has 3 aromatic rings. The number of hydrogen-bond acceptors (Lipinski definition) is 5. The third kappa shape index (κ3) is 5.14. The van der Waals surface area contributed by atoms with Crippen molar-refractivity contribution in [3.63, 3.8) is 0 Å². The maximum Gasteiger partial charge on any atom is 0.333 e. The lowest BCUT2D eigenvalue weighted by molar-refractivity contribution is -0.116. The van der Waals surface area contributed by atoms with Gasteiger partial charge in [-0.2, -0.15) is 0 Å². The third-order valence-corrected chi connectivity index (χ3v) is 5.85. The number of benzene rings is 1. The minimum absolute atomic E-state index is 0.0102. The van der Waals surface area contributed by atoms with Gasteiger partial charge in [0.05, 0.1) is 0 Å². The van der Waals surface area contributed by atoms with Crippen LogP contribution in [0.1, 0.15) is 65.3 Å². The van der Waals surface area contributed by atoms with E-state index in [1.54, 1.807) is 4.57 Å². The van der Waals surface area contributed by atoms with Crippen LogP contribution in [0.25, 0.3) is 11.2 Å². The van der Waals surface area contributed by atoms with E-state index in [1.807, 2.05) is 38.1 Å². The number of aliphatic hydroxyl groups is 1. The van der Waals surface area contributed by atoms with Gasteiger partial charge in [0, 0.05) is 18.8 Å². The van der Waals surface area contributed by atoms with Crippen LogP contribution in [0.5, 0.6) is 0 Å². The highest BCUT2D eigenvalue weighted by Crippen LogP contribution is 2.23. The van der Waals surface area contributed by atoms with Crippen molar-refractivity contribution in [3.8, 4) is 0 Å². The molecule has 9 heteroatoms. The summed E-state index contributed by atoms with van der Waals surface area (Å²) in [6.07, 6.45) is 2.28. The number of imidazole rings is 1. The van der Waals surface area contributed by atoms with Gasteiger partial charge >= 0.3 is 5.69 Å². The summed E-state index contributed by atoms with van der Waals surface area (Å²) in [5, 5.41) is 12.6. The number of fused-ring (bicyclic) bond motifs is 1. The lowest BCUT2D eigenvalue weighted by Crippen LogP contribution is -2.43. The molecule has 0 saturated carbocycles. The van der Waals surface area contributed by atoms with E-state index >= 15 is 0 Å². The summed E-state index contributed by atoms with van der Waals surface area (Å²) in [6.45, 7) is 10.4. The number of nitrogens with zero attached hydrogens (tertiary/aromatic N) is 4. The van der Waals surface area contributed by atoms with Crippen LogP contribution in [-0.2, 0) is 36.5 Å². The van der Waals surface area contributed by atoms with Crippen LogP contribution >= 0.6 is 0 Å². The van der Waals surface area contributed by atoms with Crippen molar-refractivity contribution in [2.75, 3.05) is 5.32 Å². The molecule has 0 radical (unpaired) electrons. The number of carbonyl (C=O) groups is 1. The molecule has 0 saturated heterocycles. The number of unbranched alkanes of at least 4 members (excludes halogenated alkanes) is 1. The molecule has 0 aliphatic carbocycles. The van der Waals surface area contributed by atoms with Crippen LogP contribution in [0.4, 0.5) is 5.69 Å². The number of amides is 1. The lowest BCUT2D eigenvalue weighted by atomic mass is 9.87. The number of aromatic nitrogens is 4. The first-order chi connectivity index (χ1) is 16.1. The zero-order chi connectivity index (χ0) is 25.0. The van der Waals surface area contributed by atoms with Crippen molar-refractivity contribution >= 4 is 22.8 Å². The van der Waals surface area contributed by atoms with Gasteiger partial charge in [0.15, 0.2) is 11.2 Å². The Morgan fingerprint density at radius 2 is 1.68 bits per heavy atom. The zero-order valence-electron chi connectivity index (χ0n) is 20.7. The van der Waals surface area contributed by atoms with Gasteiger partial charge in [-0.05, 0) is 36.0 Å². The predicted octanol–water partition coefficient (Wildman–Crippen LogP) is 3.00. The van der Waals surface area contributed by atoms with Crippen molar-refractivity contribution in [1.29, 1.82) is 0 Å². The van der Waals surface area contributed by atoms with Gasteiger partial charge < -0.3 is 15.0 Å². The first kappa shape index (κ1) is 25.4. The second-order valence-electron chi connectivity index (χ2n) is 9.56. The highest BCUT2D eigenvalue weighted by atomic mass is 16.3. The molecule has 0 spiro atoms. The Bertz CT molecular complexity index is 1280. The molecule has 34 heavy (non-hydrogen) atoms. The first-order valence-electron chi connectivity index (χ1n) is 11.9. The summed E-state index contributed by atoms with van der Waals surface area (Å²) in [6, 6.07) is 7.53. The second kappa shape index (κ2) is 10.4. The summed E-state index contributed by atoms with van der Waals surface area (Å²) in [7, 11) is 0. The molecule has 0 atom stereocenters. The van der Waals surface area contributed by atoms with Gasteiger partial charge in [-0.1, -0.05) is 53.2 Å². The molecule has 0 aliphatic heterocycles. The molecule has 3 rings (SSSR count). The third-order valence-electron chi connectivity index (χ3n) is 5.85. The maximum atomic E-state index is 13.4. The predicted molar refractivity (Wildman–Crippen MR) is 133 cm³/mol. The van der Waals surface area contributed by atoms with Crippen LogP contribution in [0.15, 0.2) is 33.9 Å². The Labute approximate surface area is 199 Å². The van der Waals surface area contributed by atoms with E-state index in [0.717, 1.165) is 23.0 Å². The van der Waals surface area contributed by atoms with Crippen LogP contribution in [0.3, 0.4) is 0 Å². The molecule has 184 valence electrons. The molecule has 0 fully saturated rings. The monoisotopic (exact) mass is 469 g/mol. The number of hydrogen-bond donors (Lipinski definition) is 2. The topological polar surface area (TPSA) is 111 Å². The van der Waals surface area contributed by atoms with Crippen LogP contribution in [-0.4, -0.2) is 29.7 Å². The second-order valence-corrected chi connectivity index (χ2v) is 9.56. The number of rotatable bonds is 9. The normalized spacial score (nSPS) is 11.8. The molecule has 0 bridgehead atoms. The number of nitrogens with one attached hydrogen (secondary N) is 1. The standard InChI is InChI=1S/C25H35N5O4/c1-6-8-14-29-22-21(28(13-7-2)19(16-31)27-22)23(33)30(24(29)34)15-20(32)26-18-11-9-17(10-12-18)25(3,4)5/h9-12,31H,6-8,13-16H2,1-5H3,(H,26,32). The van der Waals surface area contributed by atoms with E-state index in [2.05, 4.69) is 31.1 Å². The van der Waals surface area contributed by atoms with Gasteiger partial charge in [-0.15, -0.1) is 0 Å². The smallest absolute Gasteiger partial charge is 0.333 e. The van der Waals surface area contributed by atoms with Crippen molar-refractivity contribution in [3.05, 3.63) is 56.5 Å². The number of anilines is 1. The molecule has 2 heterocycles. The highest BCUT2D eigenvalue weighted by Gasteiger charge is 2.22. The van der Waals surface area contributed by atoms with Crippen molar-refractivity contribution in [2.24, 2.45) is 0 Å². The van der Waals surface area contributed by atoms with E-state index in [4.69, 9.17) is 0 Å². The Balaban J connectivity index is 2.02. The summed E-state index contributed by atoms with van der Waals surface area (Å²) in [4.78, 5) is 43.8. The van der Waals surface area contributed by atoms with Crippen molar-refractivity contribution in [2.45, 2.75) is 85.5 Å². The summed E-state index contributed by atoms with van der Waals surface area (Å²) in [5.74, 6) is -0.132. The molecule has 2 N–H and O–H groups in total. The Hall–Kier alpha value is -3.20. The van der Waals surface area contributed by atoms with Crippen LogP contribution < -0.4 is 16.6 Å².